The van der Waals surface area contributed by atoms with Gasteiger partial charge in [-0.3, -0.25) is 9.59 Å². The van der Waals surface area contributed by atoms with Crippen molar-refractivity contribution < 1.29 is 24.2 Å². The lowest BCUT2D eigenvalue weighted by molar-refractivity contribution is -0.137. The Morgan fingerprint density at radius 3 is 2.47 bits per heavy atom. The van der Waals surface area contributed by atoms with E-state index in [0.29, 0.717) is 24.7 Å². The van der Waals surface area contributed by atoms with E-state index in [2.05, 4.69) is 32.3 Å². The molecule has 0 amide bonds. The standard InChI is InChI=1S/C26H35NO5/c1-25(2)24(26(25,3)4)23(30)20-16-27(15-17-9-12-31-13-10-17)21-8-7-18(14-19(20)21)32-11-5-6-22(28)29/h7-8,14,16-17,24H,5-6,9-13,15H2,1-4H3,(H,28,29). The van der Waals surface area contributed by atoms with Gasteiger partial charge >= 0.3 is 5.97 Å². The molecule has 2 aromatic rings. The Labute approximate surface area is 189 Å². The van der Waals surface area contributed by atoms with Gasteiger partial charge in [-0.15, -0.1) is 0 Å². The number of aromatic nitrogens is 1. The van der Waals surface area contributed by atoms with Gasteiger partial charge in [-0.2, -0.15) is 0 Å². The maximum absolute atomic E-state index is 13.7. The summed E-state index contributed by atoms with van der Waals surface area (Å²) in [7, 11) is 0. The highest BCUT2D eigenvalue weighted by atomic mass is 16.5. The van der Waals surface area contributed by atoms with E-state index in [1.807, 2.05) is 24.4 Å². The fraction of sp³-hybridized carbons (Fsp3) is 0.615. The average molecular weight is 442 g/mol. The first kappa shape index (κ1) is 22.8. The van der Waals surface area contributed by atoms with Gasteiger partial charge in [0.2, 0.25) is 0 Å². The molecule has 0 bridgehead atoms. The molecule has 174 valence electrons. The number of fused-ring (bicyclic) bond motifs is 1. The summed E-state index contributed by atoms with van der Waals surface area (Å²) in [6.07, 6.45) is 4.65. The number of rotatable bonds is 9. The average Bonchev–Trinajstić information content (AvgIpc) is 2.99. The van der Waals surface area contributed by atoms with Crippen molar-refractivity contribution in [3.05, 3.63) is 30.0 Å². The number of Topliss-reactive ketones (excluding diaryl/α,β-unsaturated/α-hetero) is 1. The zero-order chi connectivity index (χ0) is 23.1. The molecule has 1 saturated heterocycles. The van der Waals surface area contributed by atoms with Crippen molar-refractivity contribution in [2.75, 3.05) is 19.8 Å². The number of hydrogen-bond donors (Lipinski definition) is 1. The number of benzene rings is 1. The van der Waals surface area contributed by atoms with Crippen LogP contribution in [0.25, 0.3) is 10.9 Å². The van der Waals surface area contributed by atoms with Crippen LogP contribution in [0.3, 0.4) is 0 Å². The summed E-state index contributed by atoms with van der Waals surface area (Å²) in [6, 6.07) is 5.90. The van der Waals surface area contributed by atoms with Gasteiger partial charge in [-0.25, -0.2) is 0 Å². The second kappa shape index (κ2) is 8.54. The molecule has 4 rings (SSSR count). The first-order valence-electron chi connectivity index (χ1n) is 11.7. The fourth-order valence-corrected chi connectivity index (χ4v) is 5.34. The van der Waals surface area contributed by atoms with E-state index >= 15 is 0 Å². The number of carbonyl (C=O) groups excluding carboxylic acids is 1. The predicted molar refractivity (Wildman–Crippen MR) is 123 cm³/mol. The fourth-order valence-electron chi connectivity index (χ4n) is 5.34. The van der Waals surface area contributed by atoms with E-state index in [9.17, 15) is 9.59 Å². The third-order valence-corrected chi connectivity index (χ3v) is 8.00. The van der Waals surface area contributed by atoms with E-state index in [1.54, 1.807) is 0 Å². The molecule has 6 nitrogen and oxygen atoms in total. The number of aliphatic carboxylic acids is 1. The third kappa shape index (κ3) is 4.17. The van der Waals surface area contributed by atoms with Crippen LogP contribution in [0.2, 0.25) is 0 Å². The lowest BCUT2D eigenvalue weighted by Crippen LogP contribution is -2.20. The van der Waals surface area contributed by atoms with Gasteiger partial charge in [0, 0.05) is 54.8 Å². The summed E-state index contributed by atoms with van der Waals surface area (Å²) in [5.41, 5.74) is 1.77. The third-order valence-electron chi connectivity index (χ3n) is 8.00. The highest BCUT2D eigenvalue weighted by Crippen LogP contribution is 2.69. The molecule has 2 aliphatic rings. The summed E-state index contributed by atoms with van der Waals surface area (Å²) in [5, 5.41) is 9.75. The number of hydrogen-bond acceptors (Lipinski definition) is 4. The van der Waals surface area contributed by atoms with E-state index < -0.39 is 5.97 Å². The predicted octanol–water partition coefficient (Wildman–Crippen LogP) is 5.18. The molecular formula is C26H35NO5. The molecule has 1 aromatic carbocycles. The smallest absolute Gasteiger partial charge is 0.303 e. The number of carboxylic acids is 1. The molecule has 1 aliphatic carbocycles. The van der Waals surface area contributed by atoms with Crippen molar-refractivity contribution in [3.8, 4) is 5.75 Å². The molecule has 6 heteroatoms. The zero-order valence-corrected chi connectivity index (χ0v) is 19.6. The molecule has 1 saturated carbocycles. The van der Waals surface area contributed by atoms with Gasteiger partial charge in [-0.05, 0) is 54.2 Å². The van der Waals surface area contributed by atoms with E-state index in [-0.39, 0.29) is 29.0 Å². The molecule has 1 aromatic heterocycles. The van der Waals surface area contributed by atoms with Crippen LogP contribution in [0.1, 0.15) is 63.7 Å². The summed E-state index contributed by atoms with van der Waals surface area (Å²) >= 11 is 0. The molecule has 2 fully saturated rings. The summed E-state index contributed by atoms with van der Waals surface area (Å²) in [6.45, 7) is 11.5. The van der Waals surface area contributed by atoms with Gasteiger partial charge in [-0.1, -0.05) is 27.7 Å². The maximum atomic E-state index is 13.7. The molecule has 0 spiro atoms. The Balaban J connectivity index is 1.64. The Kier molecular flexibility index (Phi) is 6.10. The molecule has 0 unspecified atom stereocenters. The van der Waals surface area contributed by atoms with Crippen LogP contribution in [0.5, 0.6) is 5.75 Å². The van der Waals surface area contributed by atoms with Crippen LogP contribution >= 0.6 is 0 Å². The number of nitrogens with zero attached hydrogens (tertiary/aromatic N) is 1. The number of carboxylic acid groups (broad SMARTS) is 1. The van der Waals surface area contributed by atoms with Crippen molar-refractivity contribution >= 4 is 22.7 Å². The lowest BCUT2D eigenvalue weighted by Gasteiger charge is -2.22. The van der Waals surface area contributed by atoms with Crippen molar-refractivity contribution in [3.63, 3.8) is 0 Å². The zero-order valence-electron chi connectivity index (χ0n) is 19.6. The summed E-state index contributed by atoms with van der Waals surface area (Å²) in [4.78, 5) is 24.4. The molecule has 1 aliphatic heterocycles. The summed E-state index contributed by atoms with van der Waals surface area (Å²) < 4.78 is 13.6. The maximum Gasteiger partial charge on any atom is 0.303 e. The normalized spacial score (nSPS) is 20.4. The van der Waals surface area contributed by atoms with Crippen molar-refractivity contribution in [1.29, 1.82) is 0 Å². The van der Waals surface area contributed by atoms with Gasteiger partial charge < -0.3 is 19.1 Å². The molecule has 0 atom stereocenters. The van der Waals surface area contributed by atoms with Crippen LogP contribution in [0.4, 0.5) is 0 Å². The van der Waals surface area contributed by atoms with Crippen molar-refractivity contribution in [2.24, 2.45) is 22.7 Å². The van der Waals surface area contributed by atoms with Crippen LogP contribution in [0, 0.1) is 22.7 Å². The lowest BCUT2D eigenvalue weighted by atomic mass is 10.0. The Morgan fingerprint density at radius 1 is 1.16 bits per heavy atom. The quantitative estimate of drug-likeness (QED) is 0.429. The molecule has 32 heavy (non-hydrogen) atoms. The largest absolute Gasteiger partial charge is 0.494 e. The van der Waals surface area contributed by atoms with Gasteiger partial charge in [0.05, 0.1) is 6.61 Å². The van der Waals surface area contributed by atoms with Gasteiger partial charge in [0.25, 0.3) is 0 Å². The van der Waals surface area contributed by atoms with E-state index in [0.717, 1.165) is 49.1 Å². The van der Waals surface area contributed by atoms with E-state index in [4.69, 9.17) is 14.6 Å². The van der Waals surface area contributed by atoms with Crippen molar-refractivity contribution in [1.82, 2.24) is 4.57 Å². The Morgan fingerprint density at radius 2 is 1.84 bits per heavy atom. The SMILES string of the molecule is CC1(C)C(C(=O)c2cn(CC3CCOCC3)c3ccc(OCCCC(=O)O)cc23)C1(C)C. The Bertz CT molecular complexity index is 999. The van der Waals surface area contributed by atoms with Crippen LogP contribution in [-0.2, 0) is 16.1 Å². The second-order valence-electron chi connectivity index (χ2n) is 10.5. The Hall–Kier alpha value is -2.34. The highest BCUT2D eigenvalue weighted by Gasteiger charge is 2.68. The van der Waals surface area contributed by atoms with Crippen molar-refractivity contribution in [2.45, 2.75) is 59.9 Å². The molecule has 2 heterocycles. The molecular weight excluding hydrogens is 406 g/mol. The minimum atomic E-state index is -0.822. The minimum absolute atomic E-state index is 0.00253. The number of ketones is 1. The highest BCUT2D eigenvalue weighted by molar-refractivity contribution is 6.11. The van der Waals surface area contributed by atoms with Gasteiger partial charge in [0.15, 0.2) is 5.78 Å². The monoisotopic (exact) mass is 441 g/mol. The van der Waals surface area contributed by atoms with Crippen LogP contribution in [-0.4, -0.2) is 41.2 Å². The number of ether oxygens (including phenoxy) is 2. The molecule has 0 radical (unpaired) electrons. The van der Waals surface area contributed by atoms with Crippen LogP contribution < -0.4 is 4.74 Å². The van der Waals surface area contributed by atoms with E-state index in [1.165, 1.54) is 0 Å². The second-order valence-corrected chi connectivity index (χ2v) is 10.5. The minimum Gasteiger partial charge on any atom is -0.494 e. The van der Waals surface area contributed by atoms with Crippen LogP contribution in [0.15, 0.2) is 24.4 Å². The summed E-state index contributed by atoms with van der Waals surface area (Å²) in [5.74, 6) is 0.603. The first-order chi connectivity index (χ1) is 15.1. The first-order valence-corrected chi connectivity index (χ1v) is 11.7. The molecule has 1 N–H and O–H groups in total. The van der Waals surface area contributed by atoms with Gasteiger partial charge in [0.1, 0.15) is 5.75 Å². The number of carbonyl (C=O) groups is 2. The topological polar surface area (TPSA) is 77.8 Å².